The molecule has 0 saturated heterocycles. The third kappa shape index (κ3) is 4.79. The maximum Gasteiger partial charge on any atom is 0.133 e. The van der Waals surface area contributed by atoms with Crippen molar-refractivity contribution in [3.05, 3.63) is 120 Å². The first-order valence-corrected chi connectivity index (χ1v) is 10.8. The minimum Gasteiger partial charge on any atom is -0.446 e. The van der Waals surface area contributed by atoms with Crippen LogP contribution in [0.25, 0.3) is 33.7 Å². The number of imidazole rings is 1. The van der Waals surface area contributed by atoms with Gasteiger partial charge in [-0.25, -0.2) is 4.98 Å². The Hall–Kier alpha value is -3.73. The van der Waals surface area contributed by atoms with E-state index >= 15 is 0 Å². The van der Waals surface area contributed by atoms with Crippen LogP contribution in [0.15, 0.2) is 103 Å². The second-order valence-corrected chi connectivity index (χ2v) is 7.67. The average molecular weight is 622 g/mol. The van der Waals surface area contributed by atoms with Gasteiger partial charge in [0.25, 0.3) is 0 Å². The van der Waals surface area contributed by atoms with E-state index in [0.29, 0.717) is 0 Å². The van der Waals surface area contributed by atoms with E-state index in [1.54, 1.807) is 6.20 Å². The molecule has 0 N–H and O–H groups in total. The first-order chi connectivity index (χ1) is 16.2. The summed E-state index contributed by atoms with van der Waals surface area (Å²) in [5, 5.41) is 4.67. The molecule has 0 saturated carbocycles. The Morgan fingerprint density at radius 1 is 0.853 bits per heavy atom. The number of para-hydroxylation sites is 4. The van der Waals surface area contributed by atoms with Crippen molar-refractivity contribution in [2.24, 2.45) is 7.05 Å². The van der Waals surface area contributed by atoms with Gasteiger partial charge in [0, 0.05) is 33.3 Å². The van der Waals surface area contributed by atoms with Crippen molar-refractivity contribution in [2.75, 3.05) is 11.9 Å². The molecule has 1 aliphatic heterocycles. The topological polar surface area (TPSA) is 48.1 Å². The van der Waals surface area contributed by atoms with Gasteiger partial charge in [-0.05, 0) is 41.3 Å². The van der Waals surface area contributed by atoms with E-state index in [9.17, 15) is 0 Å². The van der Waals surface area contributed by atoms with Crippen LogP contribution < -0.4 is 4.90 Å². The summed E-state index contributed by atoms with van der Waals surface area (Å²) in [7, 11) is 4.06. The normalized spacial score (nSPS) is 13.0. The molecule has 0 unspecified atom stereocenters. The van der Waals surface area contributed by atoms with Crippen LogP contribution in [0, 0.1) is 6.07 Å². The number of rotatable bonds is 2. The van der Waals surface area contributed by atoms with Crippen LogP contribution in [0.2, 0.25) is 0 Å². The largest absolute Gasteiger partial charge is 0.446 e. The molecule has 0 fully saturated rings. The third-order valence-electron chi connectivity index (χ3n) is 5.55. The Labute approximate surface area is 213 Å². The van der Waals surface area contributed by atoms with Gasteiger partial charge in [0.1, 0.15) is 5.82 Å². The van der Waals surface area contributed by atoms with Crippen molar-refractivity contribution >= 4 is 28.5 Å². The van der Waals surface area contributed by atoms with E-state index in [1.165, 1.54) is 0 Å². The molecule has 0 bridgehead atoms. The molecular weight excluding hydrogens is 599 g/mol. The summed E-state index contributed by atoms with van der Waals surface area (Å²) in [6.45, 7) is 0. The van der Waals surface area contributed by atoms with Crippen molar-refractivity contribution < 1.29 is 20.1 Å². The number of hydrogen-bond donors (Lipinski definition) is 0. The van der Waals surface area contributed by atoms with Gasteiger partial charge in [-0.3, -0.25) is 0 Å². The van der Waals surface area contributed by atoms with Gasteiger partial charge in [0.15, 0.2) is 0 Å². The molecule has 5 aromatic rings. The van der Waals surface area contributed by atoms with Crippen LogP contribution in [-0.2, 0) is 27.2 Å². The van der Waals surface area contributed by atoms with E-state index in [0.717, 1.165) is 45.3 Å². The van der Waals surface area contributed by atoms with Gasteiger partial charge < -0.3 is 19.8 Å². The standard InChI is InChI=1S/C17H15N4.C11H8N.Ir/c1-20-14-9-5-3-7-12(14)18-16(20)11-17-19-13-8-4-6-10-15(13)21(17)2;1-2-6-10(7-3-1)11-8-4-5-9-12-11;/h3-11H,1-2H3;1-6,8-9H;/q2*-1;/b16-11+;;. The van der Waals surface area contributed by atoms with Crippen LogP contribution in [0.4, 0.5) is 11.4 Å². The Morgan fingerprint density at radius 2 is 1.62 bits per heavy atom. The first-order valence-electron chi connectivity index (χ1n) is 10.8. The number of nitrogens with zero attached hydrogens (tertiary/aromatic N) is 5. The molecule has 34 heavy (non-hydrogen) atoms. The van der Waals surface area contributed by atoms with Gasteiger partial charge in [-0.1, -0.05) is 61.4 Å². The summed E-state index contributed by atoms with van der Waals surface area (Å²) >= 11 is 0. The fourth-order valence-corrected chi connectivity index (χ4v) is 3.78. The predicted molar refractivity (Wildman–Crippen MR) is 135 cm³/mol. The molecule has 5 nitrogen and oxygen atoms in total. The summed E-state index contributed by atoms with van der Waals surface area (Å²) in [4.78, 5) is 11.0. The monoisotopic (exact) mass is 622 g/mol. The van der Waals surface area contributed by atoms with Crippen LogP contribution in [0.1, 0.15) is 5.82 Å². The number of hydrogen-bond acceptors (Lipinski definition) is 3. The van der Waals surface area contributed by atoms with Crippen LogP contribution in [-0.4, -0.2) is 21.6 Å². The molecule has 0 amide bonds. The van der Waals surface area contributed by atoms with Gasteiger partial charge in [0.2, 0.25) is 0 Å². The Kier molecular flexibility index (Phi) is 7.21. The van der Waals surface area contributed by atoms with Gasteiger partial charge in [-0.15, -0.1) is 35.9 Å². The number of fused-ring (bicyclic) bond motifs is 2. The summed E-state index contributed by atoms with van der Waals surface area (Å²) in [6, 6.07) is 33.1. The zero-order chi connectivity index (χ0) is 22.6. The number of aromatic nitrogens is 3. The molecule has 0 spiro atoms. The van der Waals surface area contributed by atoms with Crippen molar-refractivity contribution in [1.82, 2.24) is 14.5 Å². The van der Waals surface area contributed by atoms with Crippen molar-refractivity contribution in [3.8, 4) is 11.3 Å². The molecule has 0 atom stereocenters. The van der Waals surface area contributed by atoms with E-state index in [-0.39, 0.29) is 20.1 Å². The second-order valence-electron chi connectivity index (χ2n) is 7.67. The van der Waals surface area contributed by atoms with Gasteiger partial charge in [0.05, 0.1) is 11.0 Å². The SMILES string of the molecule is CN1/C(=C/c2nc3ccccc3n2C)[N-]c2ccccc21.[Ir].[c-]1ccccc1-c1ccccn1. The molecule has 6 heteroatoms. The molecule has 1 radical (unpaired) electrons. The molecule has 0 aliphatic carbocycles. The molecule has 171 valence electrons. The van der Waals surface area contributed by atoms with E-state index in [4.69, 9.17) is 0 Å². The molecule has 2 aromatic heterocycles. The molecule has 6 rings (SSSR count). The number of pyridine rings is 1. The Balaban J connectivity index is 0.000000180. The summed E-state index contributed by atoms with van der Waals surface area (Å²) in [5.74, 6) is 1.82. The first kappa shape index (κ1) is 23.4. The van der Waals surface area contributed by atoms with E-state index in [2.05, 4.69) is 43.0 Å². The minimum atomic E-state index is 0. The number of anilines is 1. The third-order valence-corrected chi connectivity index (χ3v) is 5.55. The zero-order valence-corrected chi connectivity index (χ0v) is 21.3. The molecule has 3 aromatic carbocycles. The van der Waals surface area contributed by atoms with E-state index < -0.39 is 0 Å². The summed E-state index contributed by atoms with van der Waals surface area (Å²) in [5.41, 5.74) is 6.27. The average Bonchev–Trinajstić information content (AvgIpc) is 3.37. The van der Waals surface area contributed by atoms with E-state index in [1.807, 2.05) is 99.0 Å². The fourth-order valence-electron chi connectivity index (χ4n) is 3.78. The minimum absolute atomic E-state index is 0. The van der Waals surface area contributed by atoms with Crippen molar-refractivity contribution in [2.45, 2.75) is 0 Å². The van der Waals surface area contributed by atoms with Gasteiger partial charge >= 0.3 is 0 Å². The van der Waals surface area contributed by atoms with Gasteiger partial charge in [-0.2, -0.15) is 0 Å². The molecular formula is C28H23IrN5-2. The Morgan fingerprint density at radius 3 is 2.35 bits per heavy atom. The van der Waals surface area contributed by atoms with Crippen LogP contribution in [0.3, 0.4) is 0 Å². The molecule has 1 aliphatic rings. The maximum absolute atomic E-state index is 4.67. The zero-order valence-electron chi connectivity index (χ0n) is 18.9. The smallest absolute Gasteiger partial charge is 0.133 e. The predicted octanol–water partition coefficient (Wildman–Crippen LogP) is 6.57. The maximum atomic E-state index is 4.67. The molecule has 3 heterocycles. The second kappa shape index (κ2) is 10.5. The summed E-state index contributed by atoms with van der Waals surface area (Å²) < 4.78 is 2.09. The van der Waals surface area contributed by atoms with Crippen LogP contribution in [0.5, 0.6) is 0 Å². The fraction of sp³-hybridized carbons (Fsp3) is 0.0714. The van der Waals surface area contributed by atoms with Crippen LogP contribution >= 0.6 is 0 Å². The number of aryl methyl sites for hydroxylation is 1. The number of benzene rings is 3. The summed E-state index contributed by atoms with van der Waals surface area (Å²) in [6.07, 6.45) is 3.82. The quantitative estimate of drug-likeness (QED) is 0.210. The van der Waals surface area contributed by atoms with Crippen molar-refractivity contribution in [3.63, 3.8) is 0 Å². The van der Waals surface area contributed by atoms with Crippen molar-refractivity contribution in [1.29, 1.82) is 0 Å². The Bertz CT molecular complexity index is 1370.